The third kappa shape index (κ3) is 4.39. The first-order valence-electron chi connectivity index (χ1n) is 6.97. The minimum Gasteiger partial charge on any atom is -0.423 e. The van der Waals surface area contributed by atoms with Gasteiger partial charge in [0.1, 0.15) is 5.75 Å². The highest BCUT2D eigenvalue weighted by Crippen LogP contribution is 2.31. The Kier molecular flexibility index (Phi) is 5.08. The summed E-state index contributed by atoms with van der Waals surface area (Å²) in [7, 11) is -3.78. The number of hydrogen-bond donors (Lipinski definition) is 1. The van der Waals surface area contributed by atoms with E-state index >= 15 is 0 Å². The SMILES string of the molecule is O=S(=O)(Nc1ccc(Oc2ncccn2)c(Cl)c1)c1cccc(Cl)c1. The summed E-state index contributed by atoms with van der Waals surface area (Å²) in [4.78, 5) is 7.91. The van der Waals surface area contributed by atoms with E-state index < -0.39 is 10.0 Å². The third-order valence-electron chi connectivity index (χ3n) is 3.03. The maximum absolute atomic E-state index is 12.4. The monoisotopic (exact) mass is 395 g/mol. The van der Waals surface area contributed by atoms with Crippen molar-refractivity contribution in [2.24, 2.45) is 0 Å². The fourth-order valence-electron chi connectivity index (χ4n) is 1.93. The Hall–Kier alpha value is -2.35. The molecular formula is C16H11Cl2N3O3S. The predicted molar refractivity (Wildman–Crippen MR) is 95.8 cm³/mol. The Morgan fingerprint density at radius 2 is 1.72 bits per heavy atom. The molecule has 0 bridgehead atoms. The number of benzene rings is 2. The largest absolute Gasteiger partial charge is 0.423 e. The van der Waals surface area contributed by atoms with E-state index in [0.717, 1.165) is 0 Å². The first kappa shape index (κ1) is 17.5. The average Bonchev–Trinajstić information content (AvgIpc) is 2.58. The van der Waals surface area contributed by atoms with E-state index in [0.29, 0.717) is 10.8 Å². The van der Waals surface area contributed by atoms with Gasteiger partial charge in [-0.1, -0.05) is 29.3 Å². The van der Waals surface area contributed by atoms with Crippen molar-refractivity contribution in [2.75, 3.05) is 4.72 Å². The first-order chi connectivity index (χ1) is 11.9. The Morgan fingerprint density at radius 1 is 0.960 bits per heavy atom. The molecule has 0 spiro atoms. The number of nitrogens with one attached hydrogen (secondary N) is 1. The minimum absolute atomic E-state index is 0.0501. The minimum atomic E-state index is -3.78. The molecule has 0 saturated heterocycles. The highest BCUT2D eigenvalue weighted by Gasteiger charge is 2.15. The first-order valence-corrected chi connectivity index (χ1v) is 9.21. The molecule has 0 radical (unpaired) electrons. The van der Waals surface area contributed by atoms with Gasteiger partial charge in [0, 0.05) is 17.4 Å². The van der Waals surface area contributed by atoms with Gasteiger partial charge in [-0.2, -0.15) is 0 Å². The quantitative estimate of drug-likeness (QED) is 0.693. The summed E-state index contributed by atoms with van der Waals surface area (Å²) in [5.41, 5.74) is 0.284. The van der Waals surface area contributed by atoms with Gasteiger partial charge in [-0.05, 0) is 42.5 Å². The molecule has 0 fully saturated rings. The molecule has 0 amide bonds. The zero-order valence-electron chi connectivity index (χ0n) is 12.6. The van der Waals surface area contributed by atoms with Gasteiger partial charge in [0.05, 0.1) is 15.6 Å². The predicted octanol–water partition coefficient (Wildman–Crippen LogP) is 4.38. The number of nitrogens with zero attached hydrogens (tertiary/aromatic N) is 2. The van der Waals surface area contributed by atoms with Gasteiger partial charge in [0.2, 0.25) is 0 Å². The summed E-state index contributed by atoms with van der Waals surface area (Å²) in [6, 6.07) is 12.2. The second kappa shape index (κ2) is 7.26. The highest BCUT2D eigenvalue weighted by atomic mass is 35.5. The van der Waals surface area contributed by atoms with Gasteiger partial charge in [-0.3, -0.25) is 4.72 Å². The van der Waals surface area contributed by atoms with Crippen LogP contribution in [0.1, 0.15) is 0 Å². The fraction of sp³-hybridized carbons (Fsp3) is 0. The maximum Gasteiger partial charge on any atom is 0.321 e. The van der Waals surface area contributed by atoms with Gasteiger partial charge in [-0.25, -0.2) is 18.4 Å². The van der Waals surface area contributed by atoms with E-state index in [2.05, 4.69) is 14.7 Å². The molecule has 3 aromatic rings. The topological polar surface area (TPSA) is 81.2 Å². The van der Waals surface area contributed by atoms with E-state index in [1.54, 1.807) is 18.2 Å². The molecular weight excluding hydrogens is 385 g/mol. The van der Waals surface area contributed by atoms with Gasteiger partial charge in [-0.15, -0.1) is 0 Å². The Balaban J connectivity index is 1.81. The molecule has 0 aliphatic rings. The van der Waals surface area contributed by atoms with Crippen molar-refractivity contribution in [2.45, 2.75) is 4.90 Å². The fourth-order valence-corrected chi connectivity index (χ4v) is 3.50. The number of halogens is 2. The summed E-state index contributed by atoms with van der Waals surface area (Å²) in [5, 5.41) is 0.534. The molecule has 1 aromatic heterocycles. The molecule has 0 atom stereocenters. The Bertz CT molecular complexity index is 999. The van der Waals surface area contributed by atoms with Crippen LogP contribution in [0.3, 0.4) is 0 Å². The van der Waals surface area contributed by atoms with Gasteiger partial charge in [0.15, 0.2) is 0 Å². The summed E-state index contributed by atoms with van der Waals surface area (Å²) in [6.45, 7) is 0. The molecule has 0 aliphatic carbocycles. The number of anilines is 1. The summed E-state index contributed by atoms with van der Waals surface area (Å²) in [5.74, 6) is 0.304. The van der Waals surface area contributed by atoms with E-state index in [1.165, 1.54) is 42.7 Å². The van der Waals surface area contributed by atoms with E-state index in [4.69, 9.17) is 27.9 Å². The summed E-state index contributed by atoms with van der Waals surface area (Å²) >= 11 is 12.0. The van der Waals surface area contributed by atoms with Crippen LogP contribution in [0.15, 0.2) is 65.8 Å². The van der Waals surface area contributed by atoms with Crippen molar-refractivity contribution in [3.8, 4) is 11.8 Å². The summed E-state index contributed by atoms with van der Waals surface area (Å²) < 4.78 is 32.6. The molecule has 128 valence electrons. The lowest BCUT2D eigenvalue weighted by Crippen LogP contribution is -2.12. The van der Waals surface area contributed by atoms with Gasteiger partial charge in [0.25, 0.3) is 10.0 Å². The normalized spacial score (nSPS) is 11.1. The zero-order valence-corrected chi connectivity index (χ0v) is 14.9. The van der Waals surface area contributed by atoms with Gasteiger partial charge < -0.3 is 4.74 Å². The molecule has 25 heavy (non-hydrogen) atoms. The highest BCUT2D eigenvalue weighted by molar-refractivity contribution is 7.92. The van der Waals surface area contributed by atoms with Crippen LogP contribution in [-0.4, -0.2) is 18.4 Å². The zero-order chi connectivity index (χ0) is 17.9. The molecule has 2 aromatic carbocycles. The number of sulfonamides is 1. The number of rotatable bonds is 5. The molecule has 1 N–H and O–H groups in total. The van der Waals surface area contributed by atoms with E-state index in [9.17, 15) is 8.42 Å². The lowest BCUT2D eigenvalue weighted by molar-refractivity contribution is 0.442. The number of ether oxygens (including phenoxy) is 1. The Labute approximate surface area is 154 Å². The third-order valence-corrected chi connectivity index (χ3v) is 4.94. The molecule has 0 aliphatic heterocycles. The molecule has 0 saturated carbocycles. The van der Waals surface area contributed by atoms with Crippen LogP contribution >= 0.6 is 23.2 Å². The second-order valence-electron chi connectivity index (χ2n) is 4.84. The second-order valence-corrected chi connectivity index (χ2v) is 7.37. The maximum atomic E-state index is 12.4. The van der Waals surface area contributed by atoms with Crippen molar-refractivity contribution in [3.05, 3.63) is 71.0 Å². The van der Waals surface area contributed by atoms with Crippen molar-refractivity contribution in [1.82, 2.24) is 9.97 Å². The Morgan fingerprint density at radius 3 is 2.40 bits per heavy atom. The van der Waals surface area contributed by atoms with Crippen LogP contribution in [0.25, 0.3) is 0 Å². The van der Waals surface area contributed by atoms with Crippen LogP contribution in [0, 0.1) is 0 Å². The van der Waals surface area contributed by atoms with Crippen molar-refractivity contribution in [1.29, 1.82) is 0 Å². The standard InChI is InChI=1S/C16H11Cl2N3O3S/c17-11-3-1-4-13(9-11)25(22,23)21-12-5-6-15(14(18)10-12)24-16-19-7-2-8-20-16/h1-10,21H. The van der Waals surface area contributed by atoms with Crippen LogP contribution in [0.5, 0.6) is 11.8 Å². The lowest BCUT2D eigenvalue weighted by atomic mass is 10.3. The molecule has 3 rings (SSSR count). The van der Waals surface area contributed by atoms with Crippen molar-refractivity contribution < 1.29 is 13.2 Å². The van der Waals surface area contributed by atoms with Crippen molar-refractivity contribution >= 4 is 38.9 Å². The van der Waals surface area contributed by atoms with Crippen molar-refractivity contribution in [3.63, 3.8) is 0 Å². The molecule has 1 heterocycles. The molecule has 0 unspecified atom stereocenters. The molecule has 9 heteroatoms. The van der Waals surface area contributed by atoms with Crippen LogP contribution in [0.4, 0.5) is 5.69 Å². The summed E-state index contributed by atoms with van der Waals surface area (Å²) in [6.07, 6.45) is 3.06. The number of hydrogen-bond acceptors (Lipinski definition) is 5. The average molecular weight is 396 g/mol. The van der Waals surface area contributed by atoms with Crippen LogP contribution in [0.2, 0.25) is 10.0 Å². The molecule has 6 nitrogen and oxygen atoms in total. The van der Waals surface area contributed by atoms with Gasteiger partial charge >= 0.3 is 6.01 Å². The van der Waals surface area contributed by atoms with Crippen LogP contribution < -0.4 is 9.46 Å². The lowest BCUT2D eigenvalue weighted by Gasteiger charge is -2.10. The smallest absolute Gasteiger partial charge is 0.321 e. The number of aromatic nitrogens is 2. The van der Waals surface area contributed by atoms with E-state index in [1.807, 2.05) is 0 Å². The van der Waals surface area contributed by atoms with Crippen LogP contribution in [-0.2, 0) is 10.0 Å². The van der Waals surface area contributed by atoms with E-state index in [-0.39, 0.29) is 21.6 Å².